The predicted octanol–water partition coefficient (Wildman–Crippen LogP) is 3.59. The lowest BCUT2D eigenvalue weighted by atomic mass is 10.1. The van der Waals surface area contributed by atoms with Crippen LogP contribution in [0.4, 0.5) is 0 Å². The number of carbonyl (C=O) groups is 1. The van der Waals surface area contributed by atoms with Gasteiger partial charge in [0.15, 0.2) is 11.5 Å². The van der Waals surface area contributed by atoms with Crippen molar-refractivity contribution in [3.63, 3.8) is 0 Å². The van der Waals surface area contributed by atoms with Crippen molar-refractivity contribution in [1.29, 1.82) is 0 Å². The zero-order valence-electron chi connectivity index (χ0n) is 16.1. The Morgan fingerprint density at radius 3 is 2.67 bits per heavy atom. The number of ether oxygens (including phenoxy) is 2. The molecule has 5 nitrogen and oxygen atoms in total. The molecule has 0 atom stereocenters. The van der Waals surface area contributed by atoms with Crippen LogP contribution in [-0.2, 0) is 17.9 Å². The van der Waals surface area contributed by atoms with Gasteiger partial charge in [-0.2, -0.15) is 0 Å². The SMILES string of the molecule is CC(C)N(C)Cc1ccccc1CNC(=O)/C=C/c1ccc2c(c1)OCO2. The van der Waals surface area contributed by atoms with E-state index >= 15 is 0 Å². The maximum atomic E-state index is 12.2. The number of rotatable bonds is 7. The molecule has 0 unspecified atom stereocenters. The Morgan fingerprint density at radius 1 is 1.15 bits per heavy atom. The Kier molecular flexibility index (Phi) is 6.14. The van der Waals surface area contributed by atoms with Crippen molar-refractivity contribution in [3.05, 3.63) is 65.2 Å². The lowest BCUT2D eigenvalue weighted by molar-refractivity contribution is -0.116. The van der Waals surface area contributed by atoms with E-state index in [0.717, 1.165) is 23.4 Å². The van der Waals surface area contributed by atoms with Gasteiger partial charge in [0.1, 0.15) is 0 Å². The molecule has 0 fully saturated rings. The molecule has 0 saturated heterocycles. The van der Waals surface area contributed by atoms with Crippen LogP contribution < -0.4 is 14.8 Å². The number of carbonyl (C=O) groups excluding carboxylic acids is 1. The third kappa shape index (κ3) is 5.11. The number of benzene rings is 2. The highest BCUT2D eigenvalue weighted by atomic mass is 16.7. The molecule has 1 N–H and O–H groups in total. The highest BCUT2D eigenvalue weighted by Crippen LogP contribution is 2.32. The van der Waals surface area contributed by atoms with E-state index in [1.54, 1.807) is 12.2 Å². The lowest BCUT2D eigenvalue weighted by Crippen LogP contribution is -2.27. The van der Waals surface area contributed by atoms with Crippen LogP contribution >= 0.6 is 0 Å². The molecule has 142 valence electrons. The molecule has 0 aliphatic carbocycles. The summed E-state index contributed by atoms with van der Waals surface area (Å²) >= 11 is 0. The first kappa shape index (κ1) is 19.0. The summed E-state index contributed by atoms with van der Waals surface area (Å²) in [4.78, 5) is 14.5. The molecule has 0 spiro atoms. The molecule has 1 amide bonds. The van der Waals surface area contributed by atoms with E-state index in [2.05, 4.69) is 43.2 Å². The summed E-state index contributed by atoms with van der Waals surface area (Å²) in [5.74, 6) is 1.32. The third-order valence-corrected chi connectivity index (χ3v) is 4.70. The van der Waals surface area contributed by atoms with Crippen molar-refractivity contribution in [1.82, 2.24) is 10.2 Å². The maximum absolute atomic E-state index is 12.2. The number of hydrogen-bond donors (Lipinski definition) is 1. The van der Waals surface area contributed by atoms with E-state index < -0.39 is 0 Å². The highest BCUT2D eigenvalue weighted by molar-refractivity contribution is 5.91. The van der Waals surface area contributed by atoms with Crippen molar-refractivity contribution >= 4 is 12.0 Å². The van der Waals surface area contributed by atoms with Crippen LogP contribution in [0.3, 0.4) is 0 Å². The number of nitrogens with zero attached hydrogens (tertiary/aromatic N) is 1. The summed E-state index contributed by atoms with van der Waals surface area (Å²) in [6, 6.07) is 14.3. The van der Waals surface area contributed by atoms with E-state index in [9.17, 15) is 4.79 Å². The summed E-state index contributed by atoms with van der Waals surface area (Å²) in [7, 11) is 2.11. The van der Waals surface area contributed by atoms with E-state index in [1.165, 1.54) is 5.56 Å². The molecule has 3 rings (SSSR count). The minimum absolute atomic E-state index is 0.125. The molecule has 1 aliphatic rings. The molecule has 0 radical (unpaired) electrons. The molecule has 0 bridgehead atoms. The largest absolute Gasteiger partial charge is 0.454 e. The zero-order valence-corrected chi connectivity index (χ0v) is 16.1. The quantitative estimate of drug-likeness (QED) is 0.761. The van der Waals surface area contributed by atoms with Gasteiger partial charge in [0.05, 0.1) is 0 Å². The first-order valence-corrected chi connectivity index (χ1v) is 9.15. The molecular formula is C22H26N2O3. The average molecular weight is 366 g/mol. The van der Waals surface area contributed by atoms with Crippen LogP contribution in [0.25, 0.3) is 6.08 Å². The minimum atomic E-state index is -0.125. The summed E-state index contributed by atoms with van der Waals surface area (Å²) in [5.41, 5.74) is 3.26. The number of nitrogens with one attached hydrogen (secondary N) is 1. The minimum Gasteiger partial charge on any atom is -0.454 e. The molecule has 0 aromatic heterocycles. The second-order valence-corrected chi connectivity index (χ2v) is 6.94. The van der Waals surface area contributed by atoms with E-state index in [-0.39, 0.29) is 12.7 Å². The van der Waals surface area contributed by atoms with Gasteiger partial charge in [-0.05, 0) is 55.8 Å². The zero-order chi connectivity index (χ0) is 19.2. The van der Waals surface area contributed by atoms with E-state index in [4.69, 9.17) is 9.47 Å². The standard InChI is InChI=1S/C22H26N2O3/c1-16(2)24(3)14-19-7-5-4-6-18(19)13-23-22(25)11-9-17-8-10-20-21(12-17)27-15-26-20/h4-12,16H,13-15H2,1-3H3,(H,23,25)/b11-9+. The Balaban J connectivity index is 1.58. The van der Waals surface area contributed by atoms with Crippen LogP contribution in [0, 0.1) is 0 Å². The Labute approximate surface area is 160 Å². The van der Waals surface area contributed by atoms with Gasteiger partial charge in [0.2, 0.25) is 12.7 Å². The van der Waals surface area contributed by atoms with Crippen molar-refractivity contribution in [2.24, 2.45) is 0 Å². The van der Waals surface area contributed by atoms with Crippen molar-refractivity contribution in [2.75, 3.05) is 13.8 Å². The molecular weight excluding hydrogens is 340 g/mol. The second kappa shape index (κ2) is 8.73. The van der Waals surface area contributed by atoms with Gasteiger partial charge >= 0.3 is 0 Å². The first-order valence-electron chi connectivity index (χ1n) is 9.15. The average Bonchev–Trinajstić information content (AvgIpc) is 3.13. The summed E-state index contributed by atoms with van der Waals surface area (Å²) < 4.78 is 10.6. The van der Waals surface area contributed by atoms with Gasteiger partial charge in [-0.15, -0.1) is 0 Å². The van der Waals surface area contributed by atoms with Gasteiger partial charge < -0.3 is 14.8 Å². The monoisotopic (exact) mass is 366 g/mol. The fraction of sp³-hybridized carbons (Fsp3) is 0.318. The van der Waals surface area contributed by atoms with E-state index in [1.807, 2.05) is 30.3 Å². The fourth-order valence-electron chi connectivity index (χ4n) is 2.77. The van der Waals surface area contributed by atoms with Crippen LogP contribution in [0.1, 0.15) is 30.5 Å². The summed E-state index contributed by atoms with van der Waals surface area (Å²) in [6.45, 7) is 5.95. The normalized spacial score (nSPS) is 12.9. The number of hydrogen-bond acceptors (Lipinski definition) is 4. The van der Waals surface area contributed by atoms with Crippen molar-refractivity contribution in [2.45, 2.75) is 33.0 Å². The molecule has 2 aromatic rings. The molecule has 1 aliphatic heterocycles. The predicted molar refractivity (Wildman–Crippen MR) is 106 cm³/mol. The van der Waals surface area contributed by atoms with Gasteiger partial charge in [0, 0.05) is 25.2 Å². The molecule has 1 heterocycles. The van der Waals surface area contributed by atoms with Crippen molar-refractivity contribution in [3.8, 4) is 11.5 Å². The van der Waals surface area contributed by atoms with Crippen molar-refractivity contribution < 1.29 is 14.3 Å². The number of fused-ring (bicyclic) bond motifs is 1. The Bertz CT molecular complexity index is 830. The molecule has 2 aromatic carbocycles. The Morgan fingerprint density at radius 2 is 1.89 bits per heavy atom. The number of amides is 1. The smallest absolute Gasteiger partial charge is 0.244 e. The molecule has 0 saturated carbocycles. The fourth-order valence-corrected chi connectivity index (χ4v) is 2.77. The van der Waals surface area contributed by atoms with Gasteiger partial charge in [-0.3, -0.25) is 9.69 Å². The summed E-state index contributed by atoms with van der Waals surface area (Å²) in [6.07, 6.45) is 3.32. The van der Waals surface area contributed by atoms with Crippen LogP contribution in [0.2, 0.25) is 0 Å². The topological polar surface area (TPSA) is 50.8 Å². The van der Waals surface area contributed by atoms with E-state index in [0.29, 0.717) is 18.3 Å². The second-order valence-electron chi connectivity index (χ2n) is 6.94. The first-order chi connectivity index (χ1) is 13.0. The maximum Gasteiger partial charge on any atom is 0.244 e. The highest BCUT2D eigenvalue weighted by Gasteiger charge is 2.12. The molecule has 5 heteroatoms. The lowest BCUT2D eigenvalue weighted by Gasteiger charge is -2.22. The van der Waals surface area contributed by atoms with Gasteiger partial charge in [-0.25, -0.2) is 0 Å². The van der Waals surface area contributed by atoms with Gasteiger partial charge in [-0.1, -0.05) is 30.3 Å². The van der Waals surface area contributed by atoms with Crippen LogP contribution in [0.5, 0.6) is 11.5 Å². The Hall–Kier alpha value is -2.79. The van der Waals surface area contributed by atoms with Crippen LogP contribution in [-0.4, -0.2) is 30.7 Å². The third-order valence-electron chi connectivity index (χ3n) is 4.70. The van der Waals surface area contributed by atoms with Crippen LogP contribution in [0.15, 0.2) is 48.5 Å². The molecule has 27 heavy (non-hydrogen) atoms. The van der Waals surface area contributed by atoms with Gasteiger partial charge in [0.25, 0.3) is 0 Å². The summed E-state index contributed by atoms with van der Waals surface area (Å²) in [5, 5.41) is 2.96.